The fourth-order valence-corrected chi connectivity index (χ4v) is 2.67. The zero-order valence-electron chi connectivity index (χ0n) is 14.0. The van der Waals surface area contributed by atoms with Crippen LogP contribution in [0.25, 0.3) is 0 Å². The van der Waals surface area contributed by atoms with E-state index in [0.717, 1.165) is 44.9 Å². The van der Waals surface area contributed by atoms with Crippen molar-refractivity contribution in [3.8, 4) is 0 Å². The van der Waals surface area contributed by atoms with Gasteiger partial charge >= 0.3 is 7.12 Å². The molecule has 6 nitrogen and oxygen atoms in total. The first-order chi connectivity index (χ1) is 10.4. The lowest BCUT2D eigenvalue weighted by Gasteiger charge is -2.32. The fraction of sp³-hybridized carbons (Fsp3) is 0.800. The maximum absolute atomic E-state index is 6.06. The second kappa shape index (κ2) is 5.96. The third-order valence-corrected chi connectivity index (χ3v) is 4.93. The van der Waals surface area contributed by atoms with Gasteiger partial charge in [-0.05, 0) is 27.7 Å². The van der Waals surface area contributed by atoms with Crippen LogP contribution >= 0.6 is 0 Å². The molecule has 1 aromatic rings. The Morgan fingerprint density at radius 2 is 1.73 bits per heavy atom. The van der Waals surface area contributed by atoms with Crippen LogP contribution in [0.5, 0.6) is 0 Å². The van der Waals surface area contributed by atoms with Gasteiger partial charge in [0.15, 0.2) is 0 Å². The molecule has 2 aliphatic heterocycles. The Balaban J connectivity index is 1.57. The molecule has 2 aliphatic rings. The van der Waals surface area contributed by atoms with Gasteiger partial charge in [-0.15, -0.1) is 0 Å². The molecule has 1 aromatic heterocycles. The van der Waals surface area contributed by atoms with Crippen molar-refractivity contribution in [2.45, 2.75) is 45.4 Å². The van der Waals surface area contributed by atoms with Gasteiger partial charge < -0.3 is 14.0 Å². The highest BCUT2D eigenvalue weighted by Crippen LogP contribution is 2.36. The average Bonchev–Trinajstić information content (AvgIpc) is 3.01. The van der Waals surface area contributed by atoms with Crippen LogP contribution < -0.4 is 5.46 Å². The number of hydrogen-bond acceptors (Lipinski definition) is 5. The van der Waals surface area contributed by atoms with Crippen molar-refractivity contribution >= 4 is 12.6 Å². The summed E-state index contributed by atoms with van der Waals surface area (Å²) in [5, 5.41) is 4.44. The Hall–Kier alpha value is -0.885. The quantitative estimate of drug-likeness (QED) is 0.759. The van der Waals surface area contributed by atoms with Crippen molar-refractivity contribution in [2.24, 2.45) is 0 Å². The van der Waals surface area contributed by atoms with Crippen LogP contribution in [0.2, 0.25) is 0 Å². The van der Waals surface area contributed by atoms with Crippen LogP contribution in [0.15, 0.2) is 12.4 Å². The predicted molar refractivity (Wildman–Crippen MR) is 85.2 cm³/mol. The summed E-state index contributed by atoms with van der Waals surface area (Å²) in [5.41, 5.74) is 0.363. The number of hydrogen-bond donors (Lipinski definition) is 0. The Morgan fingerprint density at radius 1 is 1.09 bits per heavy atom. The Bertz CT molecular complexity index is 496. The van der Waals surface area contributed by atoms with Gasteiger partial charge in [0.1, 0.15) is 0 Å². The van der Waals surface area contributed by atoms with Crippen molar-refractivity contribution in [1.82, 2.24) is 14.7 Å². The van der Waals surface area contributed by atoms with Crippen LogP contribution in [0.4, 0.5) is 0 Å². The van der Waals surface area contributed by atoms with Gasteiger partial charge in [-0.3, -0.25) is 9.58 Å². The molecule has 7 heteroatoms. The summed E-state index contributed by atoms with van der Waals surface area (Å²) in [6, 6.07) is 0. The summed E-state index contributed by atoms with van der Waals surface area (Å²) < 4.78 is 19.4. The number of nitrogens with zero attached hydrogens (tertiary/aromatic N) is 3. The van der Waals surface area contributed by atoms with E-state index in [4.69, 9.17) is 14.0 Å². The summed E-state index contributed by atoms with van der Waals surface area (Å²) in [5.74, 6) is 0. The third-order valence-electron chi connectivity index (χ3n) is 4.93. The molecular formula is C15H26BN3O3. The Morgan fingerprint density at radius 3 is 2.36 bits per heavy atom. The molecule has 0 atom stereocenters. The van der Waals surface area contributed by atoms with Crippen molar-refractivity contribution in [1.29, 1.82) is 0 Å². The molecule has 0 aliphatic carbocycles. The van der Waals surface area contributed by atoms with Crippen molar-refractivity contribution in [2.75, 3.05) is 32.8 Å². The number of morpholine rings is 1. The average molecular weight is 307 g/mol. The van der Waals surface area contributed by atoms with E-state index >= 15 is 0 Å². The number of rotatable bonds is 4. The van der Waals surface area contributed by atoms with E-state index in [1.165, 1.54) is 0 Å². The van der Waals surface area contributed by atoms with Crippen LogP contribution in [0, 0.1) is 0 Å². The summed E-state index contributed by atoms with van der Waals surface area (Å²) in [6.07, 6.45) is 3.88. The zero-order valence-corrected chi connectivity index (χ0v) is 14.0. The monoisotopic (exact) mass is 307 g/mol. The molecule has 0 radical (unpaired) electrons. The summed E-state index contributed by atoms with van der Waals surface area (Å²) in [4.78, 5) is 2.40. The van der Waals surface area contributed by atoms with Gasteiger partial charge in [0.2, 0.25) is 0 Å². The molecule has 0 spiro atoms. The largest absolute Gasteiger partial charge is 0.498 e. The van der Waals surface area contributed by atoms with Crippen LogP contribution in [0.3, 0.4) is 0 Å². The molecule has 0 aromatic carbocycles. The molecule has 3 rings (SSSR count). The minimum Gasteiger partial charge on any atom is -0.399 e. The van der Waals surface area contributed by atoms with E-state index in [1.54, 1.807) is 0 Å². The van der Waals surface area contributed by atoms with E-state index in [-0.39, 0.29) is 18.3 Å². The summed E-state index contributed by atoms with van der Waals surface area (Å²) in [6.45, 7) is 13.8. The van der Waals surface area contributed by atoms with Crippen LogP contribution in [0.1, 0.15) is 27.7 Å². The van der Waals surface area contributed by atoms with E-state index in [1.807, 2.05) is 17.1 Å². The third kappa shape index (κ3) is 3.22. The standard InChI is InChI=1S/C15H26BN3O3/c1-14(2)15(3,4)22-16(21-14)13-11-17-19(12-13)6-5-18-7-9-20-10-8-18/h11-12H,5-10H2,1-4H3. The highest BCUT2D eigenvalue weighted by molar-refractivity contribution is 6.61. The summed E-state index contributed by atoms with van der Waals surface area (Å²) >= 11 is 0. The molecule has 0 bridgehead atoms. The molecular weight excluding hydrogens is 281 g/mol. The lowest BCUT2D eigenvalue weighted by atomic mass is 9.82. The highest BCUT2D eigenvalue weighted by Gasteiger charge is 2.52. The van der Waals surface area contributed by atoms with Crippen molar-refractivity contribution < 1.29 is 14.0 Å². The first-order valence-electron chi connectivity index (χ1n) is 8.05. The molecule has 22 heavy (non-hydrogen) atoms. The van der Waals surface area contributed by atoms with E-state index in [2.05, 4.69) is 37.7 Å². The molecule has 122 valence electrons. The molecule has 2 saturated heterocycles. The van der Waals surface area contributed by atoms with Gasteiger partial charge in [0.25, 0.3) is 0 Å². The summed E-state index contributed by atoms with van der Waals surface area (Å²) in [7, 11) is -0.331. The maximum atomic E-state index is 6.06. The van der Waals surface area contributed by atoms with Gasteiger partial charge in [-0.1, -0.05) is 0 Å². The highest BCUT2D eigenvalue weighted by atomic mass is 16.7. The lowest BCUT2D eigenvalue weighted by molar-refractivity contribution is 0.00578. The Kier molecular flexibility index (Phi) is 4.33. The van der Waals surface area contributed by atoms with Gasteiger partial charge in [-0.25, -0.2) is 0 Å². The smallest absolute Gasteiger partial charge is 0.399 e. The van der Waals surface area contributed by atoms with Crippen molar-refractivity contribution in [3.05, 3.63) is 12.4 Å². The normalized spacial score (nSPS) is 24.8. The van der Waals surface area contributed by atoms with Gasteiger partial charge in [0.05, 0.1) is 31.0 Å². The van der Waals surface area contributed by atoms with Crippen LogP contribution in [-0.2, 0) is 20.6 Å². The van der Waals surface area contributed by atoms with E-state index < -0.39 is 0 Å². The minimum atomic E-state index is -0.331. The number of ether oxygens (including phenoxy) is 1. The number of aromatic nitrogens is 2. The topological polar surface area (TPSA) is 48.8 Å². The fourth-order valence-electron chi connectivity index (χ4n) is 2.67. The molecule has 0 N–H and O–H groups in total. The lowest BCUT2D eigenvalue weighted by Crippen LogP contribution is -2.41. The molecule has 3 heterocycles. The second-order valence-corrected chi connectivity index (χ2v) is 7.08. The first kappa shape index (κ1) is 16.0. The second-order valence-electron chi connectivity index (χ2n) is 7.08. The SMILES string of the molecule is CC1(C)OB(c2cnn(CCN3CCOCC3)c2)OC1(C)C. The molecule has 0 saturated carbocycles. The predicted octanol–water partition coefficient (Wildman–Crippen LogP) is 0.515. The minimum absolute atomic E-state index is 0.312. The van der Waals surface area contributed by atoms with E-state index in [9.17, 15) is 0 Å². The maximum Gasteiger partial charge on any atom is 0.498 e. The van der Waals surface area contributed by atoms with Crippen molar-refractivity contribution in [3.63, 3.8) is 0 Å². The van der Waals surface area contributed by atoms with E-state index in [0.29, 0.717) is 0 Å². The zero-order chi connectivity index (χ0) is 15.8. The first-order valence-corrected chi connectivity index (χ1v) is 8.05. The Labute approximate surface area is 132 Å². The molecule has 0 amide bonds. The molecule has 0 unspecified atom stereocenters. The molecule has 2 fully saturated rings. The van der Waals surface area contributed by atoms with Crippen LogP contribution in [-0.4, -0.2) is 65.8 Å². The van der Waals surface area contributed by atoms with Gasteiger partial charge in [-0.2, -0.15) is 5.10 Å². The van der Waals surface area contributed by atoms with Gasteiger partial charge in [0, 0.05) is 37.5 Å².